The smallest absolute Gasteiger partial charge is 0.410 e. The van der Waals surface area contributed by atoms with E-state index in [2.05, 4.69) is 47.6 Å². The van der Waals surface area contributed by atoms with E-state index in [1.807, 2.05) is 61.8 Å². The van der Waals surface area contributed by atoms with E-state index in [0.717, 1.165) is 21.6 Å². The van der Waals surface area contributed by atoms with Gasteiger partial charge in [0.15, 0.2) is 0 Å². The van der Waals surface area contributed by atoms with Gasteiger partial charge in [0.25, 0.3) is 0 Å². The third-order valence-electron chi connectivity index (χ3n) is 21.5. The van der Waals surface area contributed by atoms with Crippen molar-refractivity contribution in [3.8, 4) is 5.75 Å². The number of rotatable bonds is 48. The normalized spacial score (nSPS) is 17.8. The Morgan fingerprint density at radius 3 is 2.01 bits per heavy atom. The van der Waals surface area contributed by atoms with Crippen molar-refractivity contribution >= 4 is 87.7 Å². The molecule has 36 heteroatoms. The number of aromatic nitrogens is 2. The van der Waals surface area contributed by atoms with Crippen LogP contribution in [0.5, 0.6) is 5.75 Å². The number of hydrogen-bond donors (Lipinski definition) is 11. The number of ether oxygens (including phenoxy) is 7. The van der Waals surface area contributed by atoms with Gasteiger partial charge in [-0.05, 0) is 106 Å². The van der Waals surface area contributed by atoms with Gasteiger partial charge in [0.2, 0.25) is 64.7 Å². The van der Waals surface area contributed by atoms with E-state index < -0.39 is 168 Å². The number of nitrogens with one attached hydrogen (secondary N) is 8. The van der Waals surface area contributed by atoms with Gasteiger partial charge in [-0.3, -0.25) is 58.3 Å². The Bertz CT molecular complexity index is 4140. The van der Waals surface area contributed by atoms with Crippen LogP contribution < -0.4 is 47.4 Å². The summed E-state index contributed by atoms with van der Waals surface area (Å²) >= 11 is 0. The Morgan fingerprint density at radius 1 is 0.708 bits per heavy atom. The summed E-state index contributed by atoms with van der Waals surface area (Å²) in [5, 5.41) is 53.3. The summed E-state index contributed by atoms with van der Waals surface area (Å²) in [5.74, 6) is -11.2. The van der Waals surface area contributed by atoms with Crippen molar-refractivity contribution in [2.75, 3.05) is 87.2 Å². The van der Waals surface area contributed by atoms with Crippen molar-refractivity contribution in [2.45, 2.75) is 220 Å². The fourth-order valence-corrected chi connectivity index (χ4v) is 14.4. The number of hydrazine groups is 1. The molecule has 0 saturated carbocycles. The van der Waals surface area contributed by atoms with Crippen LogP contribution >= 0.6 is 0 Å². The maximum atomic E-state index is 15.0. The Labute approximate surface area is 701 Å². The number of carbonyl (C=O) groups is 12. The number of aliphatic hydroxyl groups excluding tert-OH is 2. The first-order valence-electron chi connectivity index (χ1n) is 40.8. The quantitative estimate of drug-likeness (QED) is 0.0221. The molecule has 0 spiro atoms. The average molecular weight is 1680 g/mol. The van der Waals surface area contributed by atoms with Crippen LogP contribution in [0, 0.1) is 29.6 Å². The lowest BCUT2D eigenvalue weighted by Crippen LogP contribution is -2.60. The first-order chi connectivity index (χ1) is 56.9. The number of carboxylic acids is 1. The molecule has 1 fully saturated rings. The summed E-state index contributed by atoms with van der Waals surface area (Å²) in [7, 11) is 9.60. The highest BCUT2D eigenvalue weighted by molar-refractivity contribution is 6.00. The predicted octanol–water partition coefficient (Wildman–Crippen LogP) is 3.85. The van der Waals surface area contributed by atoms with Crippen LogP contribution in [0.4, 0.5) is 10.5 Å². The first kappa shape index (κ1) is 98.6. The van der Waals surface area contributed by atoms with Gasteiger partial charge in [0.1, 0.15) is 54.3 Å². The highest BCUT2D eigenvalue weighted by Crippen LogP contribution is 2.33. The number of nitrogens with zero attached hydrogens (tertiary/aromatic N) is 6. The van der Waals surface area contributed by atoms with Gasteiger partial charge in [0.05, 0.1) is 87.4 Å². The molecule has 0 aliphatic carbocycles. The number of aliphatic carboxylic acids is 1. The van der Waals surface area contributed by atoms with E-state index in [-0.39, 0.29) is 92.9 Å². The number of methoxy groups -OCH3 is 2. The lowest BCUT2D eigenvalue weighted by molar-refractivity contribution is -0.160. The van der Waals surface area contributed by atoms with Gasteiger partial charge in [-0.25, -0.2) is 19.6 Å². The lowest BCUT2D eigenvalue weighted by Gasteiger charge is -2.41. The molecule has 2 aliphatic rings. The number of likely N-dealkylation sites (N-methyl/N-ethyl adjacent to an activating group) is 2. The minimum absolute atomic E-state index is 0.0470. The molecule has 6 rings (SSSR count). The average Bonchev–Trinajstić information content (AvgIpc) is 1.70. The molecule has 664 valence electrons. The molecule has 2 aromatic carbocycles. The molecule has 4 heterocycles. The summed E-state index contributed by atoms with van der Waals surface area (Å²) in [4.78, 5) is 173. The van der Waals surface area contributed by atoms with Gasteiger partial charge in [0, 0.05) is 91.2 Å². The van der Waals surface area contributed by atoms with Gasteiger partial charge < -0.3 is 100 Å². The van der Waals surface area contributed by atoms with E-state index in [4.69, 9.17) is 33.2 Å². The molecule has 0 bridgehead atoms. The molecular formula is C84H126N14O22. The van der Waals surface area contributed by atoms with Crippen LogP contribution in [0.15, 0.2) is 84.8 Å². The minimum Gasteiger partial charge on any atom is -0.475 e. The number of pyridine rings is 1. The summed E-state index contributed by atoms with van der Waals surface area (Å²) in [6.07, 6.45) is -3.66. The van der Waals surface area contributed by atoms with Crippen molar-refractivity contribution < 1.29 is 106 Å². The van der Waals surface area contributed by atoms with Crippen LogP contribution in [0.1, 0.15) is 145 Å². The van der Waals surface area contributed by atoms with Crippen molar-refractivity contribution in [1.29, 1.82) is 0 Å². The molecule has 2 aliphatic heterocycles. The highest BCUT2D eigenvalue weighted by Gasteiger charge is 2.45. The topological polar surface area (TPSA) is 457 Å². The number of carbonyl (C=O) groups excluding carboxylic acids is 11. The number of aliphatic hydroxyl groups is 2. The molecular weight excluding hydrogens is 1560 g/mol. The zero-order valence-corrected chi connectivity index (χ0v) is 72.3. The van der Waals surface area contributed by atoms with E-state index in [0.29, 0.717) is 50.5 Å². The third-order valence-corrected chi connectivity index (χ3v) is 21.5. The highest BCUT2D eigenvalue weighted by atomic mass is 16.7. The summed E-state index contributed by atoms with van der Waals surface area (Å²) in [6, 6.07) is 11.3. The number of likely N-dealkylation sites (tertiary alicyclic amines) is 1. The number of Topliss-reactive ketones (excluding diaryl/α,β-unsaturated/α-hetero) is 1. The van der Waals surface area contributed by atoms with Crippen LogP contribution in [0.25, 0.3) is 11.0 Å². The van der Waals surface area contributed by atoms with Crippen LogP contribution in [-0.2, 0) is 101 Å². The van der Waals surface area contributed by atoms with E-state index in [1.54, 1.807) is 105 Å². The number of hydrogen-bond acceptors (Lipinski definition) is 24. The van der Waals surface area contributed by atoms with Crippen molar-refractivity contribution in [2.24, 2.45) is 29.6 Å². The van der Waals surface area contributed by atoms with Gasteiger partial charge >= 0.3 is 18.4 Å². The monoisotopic (exact) mass is 1680 g/mol. The second kappa shape index (κ2) is 47.7. The summed E-state index contributed by atoms with van der Waals surface area (Å²) in [5.41, 5.74) is 5.41. The molecule has 120 heavy (non-hydrogen) atoms. The molecule has 0 radical (unpaired) electrons. The Balaban J connectivity index is 1.01. The maximum absolute atomic E-state index is 15.0. The molecule has 1 saturated heterocycles. The van der Waals surface area contributed by atoms with E-state index in [1.165, 1.54) is 51.3 Å². The second-order valence-electron chi connectivity index (χ2n) is 31.5. The van der Waals surface area contributed by atoms with E-state index >= 15 is 0 Å². The molecule has 15 atom stereocenters. The maximum Gasteiger partial charge on any atom is 0.410 e. The number of benzene rings is 2. The van der Waals surface area contributed by atoms with Crippen LogP contribution in [0.2, 0.25) is 0 Å². The van der Waals surface area contributed by atoms with Crippen molar-refractivity contribution in [3.63, 3.8) is 0 Å². The molecule has 4 aromatic rings. The number of fused-ring (bicyclic) bond motifs is 1. The zero-order valence-electron chi connectivity index (χ0n) is 72.3. The summed E-state index contributed by atoms with van der Waals surface area (Å²) in [6.45, 7) is 21.7. The first-order valence-corrected chi connectivity index (χ1v) is 40.8. The van der Waals surface area contributed by atoms with Crippen LogP contribution in [-0.4, -0.2) is 270 Å². The largest absolute Gasteiger partial charge is 0.475 e. The van der Waals surface area contributed by atoms with Gasteiger partial charge in [-0.15, -0.1) is 0 Å². The molecule has 10 amide bonds. The Hall–Kier alpha value is -10.2. The lowest BCUT2D eigenvalue weighted by atomic mass is 9.89. The van der Waals surface area contributed by atoms with Gasteiger partial charge in [-0.2, -0.15) is 0 Å². The third kappa shape index (κ3) is 27.9. The second-order valence-corrected chi connectivity index (χ2v) is 31.5. The minimum atomic E-state index is -2.10. The molecule has 36 nitrogen and oxygen atoms in total. The predicted molar refractivity (Wildman–Crippen MR) is 442 cm³/mol. The van der Waals surface area contributed by atoms with Crippen molar-refractivity contribution in [3.05, 3.63) is 102 Å². The number of aryl methyl sites for hydroxylation is 1. The molecule has 11 N–H and O–H groups in total. The Morgan fingerprint density at radius 2 is 1.38 bits per heavy atom. The molecule has 0 unspecified atom stereocenters. The fraction of sp³-hybridized carbons (Fsp3) is 0.607. The Kier molecular flexibility index (Phi) is 39.2. The van der Waals surface area contributed by atoms with Crippen LogP contribution in [0.3, 0.4) is 0 Å². The summed E-state index contributed by atoms with van der Waals surface area (Å²) < 4.78 is 42.1. The standard InChI is InChI=1S/C84H126N14O22/c1-19-50(8)71(63(114-17)44-67(102)98-35-24-28-60(98)74(115-18)51(9)76(105)89-52(10)72(103)56-25-21-20-22-26-56)95(15)81(110)69(48(4)5)93-80(109)70(49(6)7)96(16)84(113)118-46-55-29-30-59(62(41-55)119-83-73(104)61(99)43-64(120-83)82(111)112)91-78(107)54(12)90-79(108)68(47(2)3)92-66(101)32-37-116-39-40-117-38-34-87-77(106)53(11)88-65(100)31-36-97-58(45-94(14)85-13)42-57-27-23-33-86-75(57)97/h20-23,25-27,29-30,33,41-43,47-54,60-61,63,68-72,74,83,85,99,103H,19,24,28,31-32,34-40,44-46H2,1-18H3,(H,87,106)(H,88,100)(H,89,105)(H,90,108)(H,91,107)(H,92,101)(H,93,109)(H,111,112)/t50-,51+,52+,53-,54-,60-,61-,63+,68-,69-,70-,71-,72+,74+,83+/m0/s1. The fourth-order valence-electron chi connectivity index (χ4n) is 14.4. The molecule has 2 aromatic heterocycles. The van der Waals surface area contributed by atoms with Gasteiger partial charge in [-0.1, -0.05) is 105 Å². The number of amides is 10. The van der Waals surface area contributed by atoms with Crippen molar-refractivity contribution in [1.82, 2.24) is 66.6 Å². The number of carboxylic acid groups (broad SMARTS) is 1. The van der Waals surface area contributed by atoms with E-state index in [9.17, 15) is 72.9 Å². The number of anilines is 1. The SMILES string of the molecule is CC[C@H](C)[C@@H]([C@@H](CC(=O)N1CCC[C@H]1[C@H](OC)[C@@H](C)C(=O)N[C@H](C)[C@@H](O)c1ccccc1)OC)N(C)C(=O)[C@@H](NC(=O)[C@H](C(C)C)N(C)C(=O)OCc1ccc(NC(=O)[C@H](C)NC(=O)[C@@H](NC(=O)CCOCCOCCNC(=O)[C@H](C)NC(=O)CCn2c(CN(C)NC)cc3cccnc32)C(C)C)c(O[C@@H]2OC(C(=O)O)=C[C@H](O)C2=O)c1)C(C)C. The zero-order chi connectivity index (χ0) is 88.9. The number of ketones is 1.